The van der Waals surface area contributed by atoms with E-state index in [0.29, 0.717) is 51.7 Å². The van der Waals surface area contributed by atoms with Crippen LogP contribution in [-0.4, -0.2) is 23.0 Å². The molecule has 9 heteroatoms. The summed E-state index contributed by atoms with van der Waals surface area (Å²) in [5.41, 5.74) is 3.84. The van der Waals surface area contributed by atoms with Crippen LogP contribution in [0.3, 0.4) is 0 Å². The van der Waals surface area contributed by atoms with Crippen molar-refractivity contribution in [1.29, 1.82) is 0 Å². The van der Waals surface area contributed by atoms with E-state index in [9.17, 15) is 4.79 Å². The van der Waals surface area contributed by atoms with Gasteiger partial charge in [0.2, 0.25) is 5.82 Å². The molecule has 0 bridgehead atoms. The van der Waals surface area contributed by atoms with Crippen molar-refractivity contribution in [2.45, 2.75) is 13.5 Å². The number of aryl methyl sites for hydroxylation is 1. The second kappa shape index (κ2) is 11.3. The zero-order valence-corrected chi connectivity index (χ0v) is 25.3. The van der Waals surface area contributed by atoms with Gasteiger partial charge < -0.3 is 13.9 Å². The summed E-state index contributed by atoms with van der Waals surface area (Å²) < 4.78 is 20.7. The second-order valence-corrected chi connectivity index (χ2v) is 11.2. The van der Waals surface area contributed by atoms with Gasteiger partial charge in [0, 0.05) is 19.9 Å². The average Bonchev–Trinajstić information content (AvgIpc) is 3.40. The highest BCUT2D eigenvalue weighted by Crippen LogP contribution is 2.34. The van der Waals surface area contributed by atoms with Crippen LogP contribution in [0.15, 0.2) is 108 Å². The topological polar surface area (TPSA) is 78.9 Å². The fourth-order valence-electron chi connectivity index (χ4n) is 4.40. The van der Waals surface area contributed by atoms with Gasteiger partial charge in [-0.3, -0.25) is 4.79 Å². The highest BCUT2D eigenvalue weighted by atomic mass is 79.9. The van der Waals surface area contributed by atoms with Crippen LogP contribution in [0.1, 0.15) is 16.7 Å². The van der Waals surface area contributed by atoms with Crippen molar-refractivity contribution >= 4 is 59.9 Å². The van der Waals surface area contributed by atoms with Gasteiger partial charge in [-0.05, 0) is 76.9 Å². The molecular weight excluding hydrogens is 650 g/mol. The first-order valence-electron chi connectivity index (χ1n) is 12.7. The van der Waals surface area contributed by atoms with Crippen molar-refractivity contribution in [2.24, 2.45) is 5.10 Å². The summed E-state index contributed by atoms with van der Waals surface area (Å²) in [6.07, 6.45) is 1.58. The van der Waals surface area contributed by atoms with E-state index in [2.05, 4.69) is 37.0 Å². The number of aromatic nitrogens is 2. The van der Waals surface area contributed by atoms with Crippen molar-refractivity contribution in [3.63, 3.8) is 0 Å². The fourth-order valence-corrected chi connectivity index (χ4v) is 5.21. The molecule has 0 spiro atoms. The van der Waals surface area contributed by atoms with Crippen molar-refractivity contribution < 1.29 is 13.9 Å². The molecule has 4 aromatic carbocycles. The van der Waals surface area contributed by atoms with Gasteiger partial charge >= 0.3 is 0 Å². The van der Waals surface area contributed by atoms with E-state index < -0.39 is 0 Å². The van der Waals surface area contributed by atoms with Crippen molar-refractivity contribution in [3.8, 4) is 23.1 Å². The number of nitrogens with zero attached hydrogens (tertiary/aromatic N) is 3. The number of furan rings is 1. The summed E-state index contributed by atoms with van der Waals surface area (Å²) in [6.45, 7) is 2.44. The minimum absolute atomic E-state index is 0.290. The Morgan fingerprint density at radius 1 is 0.976 bits per heavy atom. The Morgan fingerprint density at radius 2 is 1.78 bits per heavy atom. The quantitative estimate of drug-likeness (QED) is 0.160. The lowest BCUT2D eigenvalue weighted by Crippen LogP contribution is -2.20. The zero-order chi connectivity index (χ0) is 28.5. The van der Waals surface area contributed by atoms with Crippen LogP contribution in [0.5, 0.6) is 11.5 Å². The molecular formula is C32H23Br2N3O4. The molecule has 0 aliphatic carbocycles. The molecule has 0 unspecified atom stereocenters. The predicted octanol–water partition coefficient (Wildman–Crippen LogP) is 8.11. The Labute approximate surface area is 252 Å². The molecule has 6 aromatic rings. The summed E-state index contributed by atoms with van der Waals surface area (Å²) in [7, 11) is 1.58. The first-order chi connectivity index (χ1) is 19.9. The SMILES string of the molecule is COc1cc(C=Nn2c(-c3cc4cc(Br)ccc4o3)nc3ccccc3c2=O)c(Br)cc1OCc1ccc(C)cc1. The largest absolute Gasteiger partial charge is 0.493 e. The van der Waals surface area contributed by atoms with Crippen molar-refractivity contribution in [1.82, 2.24) is 9.66 Å². The van der Waals surface area contributed by atoms with Gasteiger partial charge in [-0.25, -0.2) is 4.98 Å². The van der Waals surface area contributed by atoms with Gasteiger partial charge in [-0.2, -0.15) is 9.78 Å². The van der Waals surface area contributed by atoms with Gasteiger partial charge in [-0.15, -0.1) is 0 Å². The maximum Gasteiger partial charge on any atom is 0.282 e. The zero-order valence-electron chi connectivity index (χ0n) is 22.1. The van der Waals surface area contributed by atoms with E-state index in [1.807, 2.05) is 67.6 Å². The Hall–Kier alpha value is -4.21. The molecule has 41 heavy (non-hydrogen) atoms. The molecule has 2 aromatic heterocycles. The summed E-state index contributed by atoms with van der Waals surface area (Å²) in [5.74, 6) is 1.83. The van der Waals surface area contributed by atoms with Crippen LogP contribution in [0, 0.1) is 6.92 Å². The summed E-state index contributed by atoms with van der Waals surface area (Å²) >= 11 is 7.11. The third kappa shape index (κ3) is 5.55. The minimum Gasteiger partial charge on any atom is -0.493 e. The minimum atomic E-state index is -0.315. The number of rotatable bonds is 7. The molecule has 0 saturated carbocycles. The average molecular weight is 673 g/mol. The Kier molecular flexibility index (Phi) is 7.47. The normalized spacial score (nSPS) is 11.5. The van der Waals surface area contributed by atoms with E-state index in [4.69, 9.17) is 18.9 Å². The lowest BCUT2D eigenvalue weighted by molar-refractivity contribution is 0.284. The summed E-state index contributed by atoms with van der Waals surface area (Å²) in [4.78, 5) is 18.4. The van der Waals surface area contributed by atoms with Gasteiger partial charge in [0.25, 0.3) is 5.56 Å². The molecule has 0 fully saturated rings. The molecule has 0 radical (unpaired) electrons. The Balaban J connectivity index is 1.39. The molecule has 0 atom stereocenters. The third-order valence-corrected chi connectivity index (χ3v) is 7.74. The first kappa shape index (κ1) is 27.0. The lowest BCUT2D eigenvalue weighted by Gasteiger charge is -2.13. The van der Waals surface area contributed by atoms with E-state index in [0.717, 1.165) is 19.9 Å². The van der Waals surface area contributed by atoms with E-state index >= 15 is 0 Å². The summed E-state index contributed by atoms with van der Waals surface area (Å²) in [6, 6.07) is 26.5. The fraction of sp³-hybridized carbons (Fsp3) is 0.0938. The van der Waals surface area contributed by atoms with Crippen LogP contribution in [0.4, 0.5) is 0 Å². The maximum absolute atomic E-state index is 13.6. The Morgan fingerprint density at radius 3 is 2.59 bits per heavy atom. The number of ether oxygens (including phenoxy) is 2. The highest BCUT2D eigenvalue weighted by molar-refractivity contribution is 9.10. The second-order valence-electron chi connectivity index (χ2n) is 9.41. The van der Waals surface area contributed by atoms with Crippen LogP contribution in [0.25, 0.3) is 33.5 Å². The molecule has 0 N–H and O–H groups in total. The first-order valence-corrected chi connectivity index (χ1v) is 14.3. The number of methoxy groups -OCH3 is 1. The van der Waals surface area contributed by atoms with Crippen LogP contribution in [-0.2, 0) is 6.61 Å². The van der Waals surface area contributed by atoms with Gasteiger partial charge in [0.05, 0.1) is 24.2 Å². The van der Waals surface area contributed by atoms with Crippen LogP contribution >= 0.6 is 31.9 Å². The number of benzene rings is 4. The van der Waals surface area contributed by atoms with Gasteiger partial charge in [-0.1, -0.05) is 57.9 Å². The van der Waals surface area contributed by atoms with Gasteiger partial charge in [0.15, 0.2) is 17.3 Å². The highest BCUT2D eigenvalue weighted by Gasteiger charge is 2.17. The molecule has 6 rings (SSSR count). The Bertz CT molecular complexity index is 2000. The number of fused-ring (bicyclic) bond motifs is 2. The molecule has 0 aliphatic rings. The van der Waals surface area contributed by atoms with Crippen LogP contribution < -0.4 is 15.0 Å². The molecule has 204 valence electrons. The maximum atomic E-state index is 13.6. The predicted molar refractivity (Wildman–Crippen MR) is 168 cm³/mol. The van der Waals surface area contributed by atoms with E-state index in [1.54, 1.807) is 37.6 Å². The molecule has 0 aliphatic heterocycles. The molecule has 0 saturated heterocycles. The van der Waals surface area contributed by atoms with E-state index in [-0.39, 0.29) is 5.56 Å². The number of hydrogen-bond donors (Lipinski definition) is 0. The van der Waals surface area contributed by atoms with Crippen molar-refractivity contribution in [3.05, 3.63) is 121 Å². The summed E-state index contributed by atoms with van der Waals surface area (Å²) in [5, 5.41) is 5.90. The van der Waals surface area contributed by atoms with Gasteiger partial charge in [0.1, 0.15) is 12.2 Å². The molecule has 2 heterocycles. The number of halogens is 2. The third-order valence-electron chi connectivity index (χ3n) is 6.56. The van der Waals surface area contributed by atoms with E-state index in [1.165, 1.54) is 10.2 Å². The lowest BCUT2D eigenvalue weighted by atomic mass is 10.2. The standard InChI is InChI=1S/C32H23Br2N3O4/c1-19-7-9-20(10-8-19)18-40-29-16-25(34)22(15-28(29)39-2)17-35-37-31(36-26-6-4-3-5-24(26)32(37)38)30-14-21-13-23(33)11-12-27(21)41-30/h3-17H,18H2,1-2H3. The number of hydrogen-bond acceptors (Lipinski definition) is 6. The number of para-hydroxylation sites is 1. The monoisotopic (exact) mass is 671 g/mol. The molecule has 0 amide bonds. The smallest absolute Gasteiger partial charge is 0.282 e. The van der Waals surface area contributed by atoms with Crippen LogP contribution in [0.2, 0.25) is 0 Å². The van der Waals surface area contributed by atoms with Crippen molar-refractivity contribution in [2.75, 3.05) is 7.11 Å². The molecule has 7 nitrogen and oxygen atoms in total.